The van der Waals surface area contributed by atoms with Gasteiger partial charge < -0.3 is 11.1 Å². The molecule has 0 bridgehead atoms. The first-order chi connectivity index (χ1) is 8.61. The van der Waals surface area contributed by atoms with Crippen LogP contribution in [-0.2, 0) is 0 Å². The van der Waals surface area contributed by atoms with Gasteiger partial charge in [0, 0.05) is 12.1 Å². The summed E-state index contributed by atoms with van der Waals surface area (Å²) in [6.45, 7) is 4.54. The Balaban J connectivity index is 2.22. The van der Waals surface area contributed by atoms with E-state index in [1.165, 1.54) is 4.40 Å². The van der Waals surface area contributed by atoms with Crippen LogP contribution in [0.3, 0.4) is 0 Å². The number of hydrogen-bond acceptors (Lipinski definition) is 5. The highest BCUT2D eigenvalue weighted by Crippen LogP contribution is 2.10. The number of anilines is 1. The molecule has 0 amide bonds. The number of nitrogens with zero attached hydrogens (tertiary/aromatic N) is 3. The van der Waals surface area contributed by atoms with Crippen LogP contribution in [-0.4, -0.2) is 32.2 Å². The number of nitrogens with one attached hydrogen (secondary N) is 2. The number of fused-ring (bicyclic) bond motifs is 1. The lowest BCUT2D eigenvalue weighted by Gasteiger charge is -2.14. The largest absolute Gasteiger partial charge is 0.367 e. The number of aromatic nitrogens is 4. The summed E-state index contributed by atoms with van der Waals surface area (Å²) in [5, 5.41) is 9.62. The second kappa shape index (κ2) is 5.18. The van der Waals surface area contributed by atoms with Crippen LogP contribution in [0.2, 0.25) is 0 Å². The van der Waals surface area contributed by atoms with Gasteiger partial charge in [0.2, 0.25) is 0 Å². The molecule has 7 heteroatoms. The van der Waals surface area contributed by atoms with E-state index in [-0.39, 0.29) is 11.7 Å². The quantitative estimate of drug-likeness (QED) is 0.707. The first kappa shape index (κ1) is 12.6. The Hall–Kier alpha value is -1.89. The highest BCUT2D eigenvalue weighted by molar-refractivity contribution is 5.49. The number of hydrogen-bond donors (Lipinski definition) is 3. The molecule has 2 aromatic rings. The van der Waals surface area contributed by atoms with Crippen molar-refractivity contribution in [3.63, 3.8) is 0 Å². The van der Waals surface area contributed by atoms with E-state index < -0.39 is 0 Å². The second-order valence-electron chi connectivity index (χ2n) is 4.39. The first-order valence-corrected chi connectivity index (χ1v) is 6.03. The SMILES string of the molecule is Cc1nc(NC(C)CCCN)cc2n[nH]c(=O)n12. The Morgan fingerprint density at radius 3 is 3.11 bits per heavy atom. The van der Waals surface area contributed by atoms with Crippen LogP contribution in [0.1, 0.15) is 25.6 Å². The normalized spacial score (nSPS) is 12.8. The highest BCUT2D eigenvalue weighted by atomic mass is 16.1. The summed E-state index contributed by atoms with van der Waals surface area (Å²) in [7, 11) is 0. The van der Waals surface area contributed by atoms with Crippen molar-refractivity contribution in [1.82, 2.24) is 19.6 Å². The van der Waals surface area contributed by atoms with Gasteiger partial charge in [-0.15, -0.1) is 0 Å². The van der Waals surface area contributed by atoms with Crippen molar-refractivity contribution >= 4 is 11.5 Å². The number of nitrogens with two attached hydrogens (primary N) is 1. The fraction of sp³-hybridized carbons (Fsp3) is 0.545. The first-order valence-electron chi connectivity index (χ1n) is 6.03. The maximum absolute atomic E-state index is 11.4. The van der Waals surface area contributed by atoms with Gasteiger partial charge in [0.05, 0.1) is 0 Å². The standard InChI is InChI=1S/C11H18N6O/c1-7(4-3-5-12)13-9-6-10-15-16-11(18)17(10)8(2)14-9/h6-7,13H,3-5,12H2,1-2H3,(H,16,18). The lowest BCUT2D eigenvalue weighted by atomic mass is 10.2. The van der Waals surface area contributed by atoms with Gasteiger partial charge in [-0.3, -0.25) is 0 Å². The van der Waals surface area contributed by atoms with Crippen LogP contribution in [0.25, 0.3) is 5.65 Å². The fourth-order valence-electron chi connectivity index (χ4n) is 1.92. The predicted molar refractivity (Wildman–Crippen MR) is 69.7 cm³/mol. The Labute approximate surface area is 104 Å². The average Bonchev–Trinajstić information content (AvgIpc) is 2.68. The van der Waals surface area contributed by atoms with Gasteiger partial charge in [-0.2, -0.15) is 5.10 Å². The molecular formula is C11H18N6O. The second-order valence-corrected chi connectivity index (χ2v) is 4.39. The van der Waals surface area contributed by atoms with Gasteiger partial charge in [0.15, 0.2) is 5.65 Å². The van der Waals surface area contributed by atoms with Crippen molar-refractivity contribution in [2.45, 2.75) is 32.7 Å². The molecule has 4 N–H and O–H groups in total. The topological polar surface area (TPSA) is 101 Å². The molecule has 0 aliphatic carbocycles. The van der Waals surface area contributed by atoms with Gasteiger partial charge in [-0.1, -0.05) is 0 Å². The minimum absolute atomic E-state index is 0.266. The lowest BCUT2D eigenvalue weighted by Crippen LogP contribution is -2.19. The maximum atomic E-state index is 11.4. The number of aromatic amines is 1. The maximum Gasteiger partial charge on any atom is 0.349 e. The third-order valence-corrected chi connectivity index (χ3v) is 2.81. The molecule has 1 atom stereocenters. The van der Waals surface area contributed by atoms with Crippen molar-refractivity contribution in [1.29, 1.82) is 0 Å². The molecule has 0 saturated heterocycles. The Morgan fingerprint density at radius 2 is 2.39 bits per heavy atom. The van der Waals surface area contributed by atoms with E-state index in [1.54, 1.807) is 13.0 Å². The molecule has 0 aliphatic rings. The summed E-state index contributed by atoms with van der Waals surface area (Å²) >= 11 is 0. The highest BCUT2D eigenvalue weighted by Gasteiger charge is 2.08. The molecule has 2 rings (SSSR count). The third kappa shape index (κ3) is 2.51. The molecule has 0 saturated carbocycles. The Bertz CT molecular complexity index is 587. The van der Waals surface area contributed by atoms with Crippen LogP contribution < -0.4 is 16.7 Å². The van der Waals surface area contributed by atoms with E-state index in [2.05, 4.69) is 27.4 Å². The molecule has 2 aromatic heterocycles. The summed E-state index contributed by atoms with van der Waals surface area (Å²) < 4.78 is 1.44. The van der Waals surface area contributed by atoms with Crippen LogP contribution in [0.5, 0.6) is 0 Å². The van der Waals surface area contributed by atoms with E-state index in [1.807, 2.05) is 0 Å². The molecule has 0 aliphatic heterocycles. The smallest absolute Gasteiger partial charge is 0.349 e. The van der Waals surface area contributed by atoms with Gasteiger partial charge in [-0.25, -0.2) is 19.3 Å². The van der Waals surface area contributed by atoms with Crippen molar-refractivity contribution in [3.05, 3.63) is 22.4 Å². The molecule has 0 spiro atoms. The van der Waals surface area contributed by atoms with Crippen LogP contribution in [0.4, 0.5) is 5.82 Å². The third-order valence-electron chi connectivity index (χ3n) is 2.81. The minimum Gasteiger partial charge on any atom is -0.367 e. The van der Waals surface area contributed by atoms with E-state index in [0.717, 1.165) is 18.7 Å². The van der Waals surface area contributed by atoms with E-state index in [9.17, 15) is 4.79 Å². The zero-order chi connectivity index (χ0) is 13.1. The minimum atomic E-state index is -0.266. The van der Waals surface area contributed by atoms with Crippen molar-refractivity contribution in [3.8, 4) is 0 Å². The summed E-state index contributed by atoms with van der Waals surface area (Å²) in [6, 6.07) is 2.04. The molecule has 0 radical (unpaired) electrons. The van der Waals surface area contributed by atoms with Gasteiger partial charge in [0.25, 0.3) is 0 Å². The van der Waals surface area contributed by atoms with E-state index in [4.69, 9.17) is 5.73 Å². The van der Waals surface area contributed by atoms with Crippen molar-refractivity contribution in [2.75, 3.05) is 11.9 Å². The van der Waals surface area contributed by atoms with Crippen molar-refractivity contribution in [2.24, 2.45) is 5.73 Å². The summed E-state index contributed by atoms with van der Waals surface area (Å²) in [6.07, 6.45) is 1.95. The van der Waals surface area contributed by atoms with Gasteiger partial charge in [0.1, 0.15) is 11.6 Å². The molecule has 18 heavy (non-hydrogen) atoms. The van der Waals surface area contributed by atoms with E-state index >= 15 is 0 Å². The number of rotatable bonds is 5. The summed E-state index contributed by atoms with van der Waals surface area (Å²) in [5.41, 5.74) is 5.78. The molecule has 0 aromatic carbocycles. The predicted octanol–water partition coefficient (Wildman–Crippen LogP) is 0.265. The van der Waals surface area contributed by atoms with Crippen LogP contribution in [0.15, 0.2) is 10.9 Å². The van der Waals surface area contributed by atoms with E-state index in [0.29, 0.717) is 18.0 Å². The lowest BCUT2D eigenvalue weighted by molar-refractivity contribution is 0.660. The average molecular weight is 250 g/mol. The summed E-state index contributed by atoms with van der Waals surface area (Å²) in [4.78, 5) is 15.8. The molecule has 1 unspecified atom stereocenters. The number of aryl methyl sites for hydroxylation is 1. The number of H-pyrrole nitrogens is 1. The van der Waals surface area contributed by atoms with Gasteiger partial charge in [-0.05, 0) is 33.2 Å². The zero-order valence-corrected chi connectivity index (χ0v) is 10.6. The zero-order valence-electron chi connectivity index (χ0n) is 10.6. The van der Waals surface area contributed by atoms with Gasteiger partial charge >= 0.3 is 5.69 Å². The molecule has 0 fully saturated rings. The van der Waals surface area contributed by atoms with Crippen LogP contribution >= 0.6 is 0 Å². The molecule has 98 valence electrons. The molecule has 7 nitrogen and oxygen atoms in total. The van der Waals surface area contributed by atoms with Crippen LogP contribution in [0, 0.1) is 6.92 Å². The Morgan fingerprint density at radius 1 is 1.61 bits per heavy atom. The Kier molecular flexibility index (Phi) is 3.61. The monoisotopic (exact) mass is 250 g/mol. The van der Waals surface area contributed by atoms with Crippen molar-refractivity contribution < 1.29 is 0 Å². The molecule has 2 heterocycles. The fourth-order valence-corrected chi connectivity index (χ4v) is 1.92. The summed E-state index contributed by atoms with van der Waals surface area (Å²) in [5.74, 6) is 1.34. The molecular weight excluding hydrogens is 232 g/mol.